The largest absolute Gasteiger partial charge is 0.459 e. The molecule has 1 unspecified atom stereocenters. The van der Waals surface area contributed by atoms with Crippen LogP contribution in [0.3, 0.4) is 0 Å². The molecule has 0 aliphatic rings. The zero-order valence-electron chi connectivity index (χ0n) is 8.23. The summed E-state index contributed by atoms with van der Waals surface area (Å²) in [5, 5.41) is 17.2. The molecule has 0 spiro atoms. The second-order valence-corrected chi connectivity index (χ2v) is 2.78. The summed E-state index contributed by atoms with van der Waals surface area (Å²) < 4.78 is 9.71. The Kier molecular flexibility index (Phi) is 7.00. The van der Waals surface area contributed by atoms with Gasteiger partial charge >= 0.3 is 5.97 Å². The zero-order chi connectivity index (χ0) is 11.0. The molecule has 0 saturated heterocycles. The van der Waals surface area contributed by atoms with E-state index in [-0.39, 0.29) is 26.4 Å². The van der Waals surface area contributed by atoms with Crippen LogP contribution in [0.4, 0.5) is 0 Å². The maximum Gasteiger partial charge on any atom is 0.333 e. The van der Waals surface area contributed by atoms with Crippen molar-refractivity contribution in [2.24, 2.45) is 0 Å². The first kappa shape index (κ1) is 13.1. The van der Waals surface area contributed by atoms with Crippen LogP contribution in [0.25, 0.3) is 0 Å². The first-order chi connectivity index (χ1) is 6.61. The number of carbonyl (C=O) groups excluding carboxylic acids is 1. The highest BCUT2D eigenvalue weighted by Gasteiger charge is 2.11. The SMILES string of the molecule is C=C(C)C(=O)OCC(CO)OCCO. The standard InChI is InChI=1S/C9H16O5/c1-7(2)9(12)14-6-8(5-11)13-4-3-10/h8,10-11H,1,3-6H2,2H3. The number of ether oxygens (including phenoxy) is 2. The number of rotatable bonds is 7. The molecule has 1 atom stereocenters. The molecule has 0 rings (SSSR count). The van der Waals surface area contributed by atoms with E-state index < -0.39 is 12.1 Å². The van der Waals surface area contributed by atoms with Crippen molar-refractivity contribution < 1.29 is 24.5 Å². The van der Waals surface area contributed by atoms with Gasteiger partial charge in [-0.2, -0.15) is 0 Å². The van der Waals surface area contributed by atoms with Gasteiger partial charge in [-0.3, -0.25) is 0 Å². The summed E-state index contributed by atoms with van der Waals surface area (Å²) >= 11 is 0. The Labute approximate surface area is 82.9 Å². The molecule has 0 bridgehead atoms. The number of hydrogen-bond donors (Lipinski definition) is 2. The fraction of sp³-hybridized carbons (Fsp3) is 0.667. The third kappa shape index (κ3) is 5.69. The molecule has 0 heterocycles. The Balaban J connectivity index is 3.71. The lowest BCUT2D eigenvalue weighted by atomic mass is 10.3. The average Bonchev–Trinajstić information content (AvgIpc) is 2.17. The van der Waals surface area contributed by atoms with E-state index in [1.54, 1.807) is 0 Å². The van der Waals surface area contributed by atoms with E-state index in [0.717, 1.165) is 0 Å². The lowest BCUT2D eigenvalue weighted by Crippen LogP contribution is -2.27. The summed E-state index contributed by atoms with van der Waals surface area (Å²) in [6.07, 6.45) is -0.592. The number of hydrogen-bond acceptors (Lipinski definition) is 5. The van der Waals surface area contributed by atoms with Crippen molar-refractivity contribution in [3.8, 4) is 0 Å². The van der Waals surface area contributed by atoms with Gasteiger partial charge in [-0.05, 0) is 6.92 Å². The van der Waals surface area contributed by atoms with Gasteiger partial charge in [0.05, 0.1) is 19.8 Å². The molecule has 82 valence electrons. The third-order valence-corrected chi connectivity index (χ3v) is 1.40. The van der Waals surface area contributed by atoms with Gasteiger partial charge in [0.2, 0.25) is 0 Å². The highest BCUT2D eigenvalue weighted by molar-refractivity contribution is 5.86. The van der Waals surface area contributed by atoms with Crippen molar-refractivity contribution in [2.75, 3.05) is 26.4 Å². The molecule has 0 fully saturated rings. The minimum absolute atomic E-state index is 0.0395. The Morgan fingerprint density at radius 3 is 2.57 bits per heavy atom. The van der Waals surface area contributed by atoms with Crippen LogP contribution in [-0.2, 0) is 14.3 Å². The van der Waals surface area contributed by atoms with Crippen LogP contribution in [0.5, 0.6) is 0 Å². The fourth-order valence-corrected chi connectivity index (χ4v) is 0.665. The molecule has 0 aromatic carbocycles. The van der Waals surface area contributed by atoms with Crippen LogP contribution < -0.4 is 0 Å². The predicted octanol–water partition coefficient (Wildman–Crippen LogP) is -0.525. The van der Waals surface area contributed by atoms with Gasteiger partial charge in [-0.15, -0.1) is 0 Å². The Morgan fingerprint density at radius 2 is 2.14 bits per heavy atom. The number of aliphatic hydroxyl groups is 2. The Morgan fingerprint density at radius 1 is 1.50 bits per heavy atom. The molecule has 0 aromatic rings. The normalized spacial score (nSPS) is 12.2. The third-order valence-electron chi connectivity index (χ3n) is 1.40. The molecule has 14 heavy (non-hydrogen) atoms. The molecular formula is C9H16O5. The van der Waals surface area contributed by atoms with E-state index in [4.69, 9.17) is 19.7 Å². The van der Waals surface area contributed by atoms with Gasteiger partial charge in [0.25, 0.3) is 0 Å². The van der Waals surface area contributed by atoms with Crippen molar-refractivity contribution in [2.45, 2.75) is 13.0 Å². The minimum Gasteiger partial charge on any atom is -0.459 e. The molecule has 2 N–H and O–H groups in total. The van der Waals surface area contributed by atoms with Crippen molar-refractivity contribution >= 4 is 5.97 Å². The van der Waals surface area contributed by atoms with Crippen LogP contribution in [0.1, 0.15) is 6.92 Å². The van der Waals surface area contributed by atoms with Crippen molar-refractivity contribution in [1.82, 2.24) is 0 Å². The highest BCUT2D eigenvalue weighted by Crippen LogP contribution is 1.97. The topological polar surface area (TPSA) is 76.0 Å². The van der Waals surface area contributed by atoms with Gasteiger partial charge < -0.3 is 19.7 Å². The minimum atomic E-state index is -0.592. The molecule has 0 aliphatic heterocycles. The summed E-state index contributed by atoms with van der Waals surface area (Å²) in [7, 11) is 0. The van der Waals surface area contributed by atoms with Crippen molar-refractivity contribution in [1.29, 1.82) is 0 Å². The van der Waals surface area contributed by atoms with Crippen LogP contribution >= 0.6 is 0 Å². The first-order valence-electron chi connectivity index (χ1n) is 4.27. The smallest absolute Gasteiger partial charge is 0.333 e. The van der Waals surface area contributed by atoms with Gasteiger partial charge in [0, 0.05) is 5.57 Å². The van der Waals surface area contributed by atoms with Crippen molar-refractivity contribution in [3.05, 3.63) is 12.2 Å². The molecule has 0 radical (unpaired) electrons. The molecule has 5 heteroatoms. The molecule has 0 aromatic heterocycles. The van der Waals surface area contributed by atoms with Crippen LogP contribution in [0.15, 0.2) is 12.2 Å². The lowest BCUT2D eigenvalue weighted by Gasteiger charge is -2.14. The monoisotopic (exact) mass is 204 g/mol. The second kappa shape index (κ2) is 7.49. The van der Waals surface area contributed by atoms with E-state index in [9.17, 15) is 4.79 Å². The van der Waals surface area contributed by atoms with E-state index in [1.807, 2.05) is 0 Å². The fourth-order valence-electron chi connectivity index (χ4n) is 0.665. The number of aliphatic hydroxyl groups excluding tert-OH is 2. The van der Waals surface area contributed by atoms with Gasteiger partial charge in [-0.25, -0.2) is 4.79 Å². The van der Waals surface area contributed by atoms with Crippen molar-refractivity contribution in [3.63, 3.8) is 0 Å². The quantitative estimate of drug-likeness (QED) is 0.431. The molecular weight excluding hydrogens is 188 g/mol. The van der Waals surface area contributed by atoms with E-state index in [2.05, 4.69) is 6.58 Å². The van der Waals surface area contributed by atoms with Gasteiger partial charge in [0.1, 0.15) is 12.7 Å². The van der Waals surface area contributed by atoms with Gasteiger partial charge in [-0.1, -0.05) is 6.58 Å². The average molecular weight is 204 g/mol. The highest BCUT2D eigenvalue weighted by atomic mass is 16.6. The molecule has 0 saturated carbocycles. The van der Waals surface area contributed by atoms with E-state index >= 15 is 0 Å². The maximum atomic E-state index is 10.9. The van der Waals surface area contributed by atoms with Gasteiger partial charge in [0.15, 0.2) is 0 Å². The summed E-state index contributed by atoms with van der Waals surface area (Å²) in [5.74, 6) is -0.518. The van der Waals surface area contributed by atoms with Crippen LogP contribution in [-0.4, -0.2) is 48.7 Å². The van der Waals surface area contributed by atoms with E-state index in [0.29, 0.717) is 5.57 Å². The summed E-state index contributed by atoms with van der Waals surface area (Å²) in [5.41, 5.74) is 0.295. The predicted molar refractivity (Wildman–Crippen MR) is 49.7 cm³/mol. The first-order valence-corrected chi connectivity index (χ1v) is 4.27. The Hall–Kier alpha value is -0.910. The lowest BCUT2D eigenvalue weighted by molar-refractivity contribution is -0.144. The van der Waals surface area contributed by atoms with Crippen LogP contribution in [0.2, 0.25) is 0 Å². The zero-order valence-corrected chi connectivity index (χ0v) is 8.23. The van der Waals surface area contributed by atoms with E-state index in [1.165, 1.54) is 6.92 Å². The summed E-state index contributed by atoms with van der Waals surface area (Å²) in [6.45, 7) is 4.61. The molecule has 5 nitrogen and oxygen atoms in total. The molecule has 0 amide bonds. The number of carbonyl (C=O) groups is 1. The summed E-state index contributed by atoms with van der Waals surface area (Å²) in [6, 6.07) is 0. The summed E-state index contributed by atoms with van der Waals surface area (Å²) in [4.78, 5) is 10.9. The maximum absolute atomic E-state index is 10.9. The second-order valence-electron chi connectivity index (χ2n) is 2.78. The number of esters is 1. The molecule has 0 aliphatic carbocycles. The van der Waals surface area contributed by atoms with Crippen LogP contribution in [0, 0.1) is 0 Å². The Bertz CT molecular complexity index is 190.